The molecule has 2 N–H and O–H groups in total. The Bertz CT molecular complexity index is 1570. The molecule has 1 fully saturated rings. The largest absolute Gasteiger partial charge is 0.387 e. The van der Waals surface area contributed by atoms with Crippen molar-refractivity contribution in [2.75, 3.05) is 13.2 Å². The molecule has 3 aromatic rings. The minimum Gasteiger partial charge on any atom is -0.346 e. The van der Waals surface area contributed by atoms with Crippen LogP contribution < -0.4 is 5.32 Å². The average Bonchev–Trinajstić information content (AvgIpc) is 3.56. The highest BCUT2D eigenvalue weighted by Gasteiger charge is 2.51. The molecule has 39 heavy (non-hydrogen) atoms. The highest BCUT2D eigenvalue weighted by molar-refractivity contribution is 8.44. The van der Waals surface area contributed by atoms with Crippen LogP contribution in [0.1, 0.15) is 17.7 Å². The Morgan fingerprint density at radius 1 is 1.31 bits per heavy atom. The van der Waals surface area contributed by atoms with Gasteiger partial charge in [-0.05, 0) is 11.8 Å². The summed E-state index contributed by atoms with van der Waals surface area (Å²) in [5.41, 5.74) is 1.75. The molecule has 0 aromatic carbocycles. The monoisotopic (exact) mass is 618 g/mol. The summed E-state index contributed by atoms with van der Waals surface area (Å²) >= 11 is 9.20. The zero-order valence-electron chi connectivity index (χ0n) is 19.8. The van der Waals surface area contributed by atoms with Gasteiger partial charge in [-0.1, -0.05) is 18.8 Å². The number of nitrogens with one attached hydrogen (secondary N) is 1. The van der Waals surface area contributed by atoms with Gasteiger partial charge in [-0.3, -0.25) is 13.6 Å². The van der Waals surface area contributed by atoms with Gasteiger partial charge in [0.25, 0.3) is 0 Å². The standard InChI is InChI=1S/C19H21FN8O7P2S2/c1-10-15-18(24-8-22-10)28(9-25-15)19-16-14(20)12(34-19)5-32-36(29,38)31-3-2-27-13(6-33-37(30,39)35-16)26-11-4-21-7-23-17(11)27/h4,7-9,12,14,16,19H,1-3,5-6H2,(H,22,24)(H,29,38)(H,30,39)/t12-,14-,16-,19-,36?,37?/m1/s1. The number of thiol groups is 1. The summed E-state index contributed by atoms with van der Waals surface area (Å²) < 4.78 is 60.1. The number of fused-ring (bicyclic) bond motifs is 6. The molecule has 2 unspecified atom stereocenters. The molecule has 15 nitrogen and oxygen atoms in total. The normalized spacial score (nSPS) is 33.7. The van der Waals surface area contributed by atoms with E-state index in [2.05, 4.69) is 49.1 Å². The molecule has 3 aliphatic rings. The smallest absolute Gasteiger partial charge is 0.346 e. The number of alkyl halides is 1. The van der Waals surface area contributed by atoms with Crippen LogP contribution in [0, 0.1) is 0 Å². The quantitative estimate of drug-likeness (QED) is 0.269. The number of nitrogens with zero attached hydrogens (tertiary/aromatic N) is 7. The summed E-state index contributed by atoms with van der Waals surface area (Å²) in [6, 6.07) is 0. The van der Waals surface area contributed by atoms with Crippen molar-refractivity contribution in [3.63, 3.8) is 0 Å². The van der Waals surface area contributed by atoms with E-state index in [-0.39, 0.29) is 25.6 Å². The molecule has 6 rings (SSSR count). The van der Waals surface area contributed by atoms with E-state index < -0.39 is 44.7 Å². The molecular weight excluding hydrogens is 597 g/mol. The summed E-state index contributed by atoms with van der Waals surface area (Å²) in [5, 5.41) is 2.83. The Balaban J connectivity index is 1.35. The lowest BCUT2D eigenvalue weighted by atomic mass is 10.1. The molecule has 0 radical (unpaired) electrons. The molecule has 0 aliphatic carbocycles. The predicted octanol–water partition coefficient (Wildman–Crippen LogP) is 2.40. The fourth-order valence-electron chi connectivity index (χ4n) is 4.33. The first-order chi connectivity index (χ1) is 18.6. The van der Waals surface area contributed by atoms with Crippen molar-refractivity contribution in [1.29, 1.82) is 0 Å². The maximum absolute atomic E-state index is 15.8. The van der Waals surface area contributed by atoms with E-state index in [1.54, 1.807) is 4.57 Å². The van der Waals surface area contributed by atoms with Crippen molar-refractivity contribution in [1.82, 2.24) is 34.4 Å². The van der Waals surface area contributed by atoms with Crippen molar-refractivity contribution in [2.45, 2.75) is 37.8 Å². The first-order valence-corrected chi connectivity index (χ1v) is 16.7. The third kappa shape index (κ3) is 5.34. The third-order valence-electron chi connectivity index (χ3n) is 6.09. The Morgan fingerprint density at radius 2 is 2.15 bits per heavy atom. The van der Waals surface area contributed by atoms with E-state index in [0.717, 1.165) is 0 Å². The van der Waals surface area contributed by atoms with Gasteiger partial charge in [0.15, 0.2) is 23.9 Å². The second kappa shape index (κ2) is 10.4. The Labute approximate surface area is 230 Å². The van der Waals surface area contributed by atoms with Crippen molar-refractivity contribution >= 4 is 66.6 Å². The Hall–Kier alpha value is -2.11. The number of aromatic nitrogens is 6. The van der Waals surface area contributed by atoms with Gasteiger partial charge in [0.1, 0.15) is 42.2 Å². The fraction of sp³-hybridized carbons (Fsp3) is 0.421. The second-order valence-electron chi connectivity index (χ2n) is 8.54. The van der Waals surface area contributed by atoms with Gasteiger partial charge in [0, 0.05) is 6.54 Å². The summed E-state index contributed by atoms with van der Waals surface area (Å²) in [5.74, 6) is 0.591. The van der Waals surface area contributed by atoms with Gasteiger partial charge >= 0.3 is 13.5 Å². The maximum atomic E-state index is 15.8. The molecule has 0 amide bonds. The molecule has 0 saturated carbocycles. The van der Waals surface area contributed by atoms with Crippen LogP contribution in [-0.4, -0.2) is 71.9 Å². The van der Waals surface area contributed by atoms with Crippen LogP contribution in [0.4, 0.5) is 10.2 Å². The lowest BCUT2D eigenvalue weighted by Gasteiger charge is -2.24. The van der Waals surface area contributed by atoms with Gasteiger partial charge in [0.2, 0.25) is 0 Å². The van der Waals surface area contributed by atoms with Gasteiger partial charge < -0.3 is 28.6 Å². The van der Waals surface area contributed by atoms with Crippen LogP contribution in [-0.2, 0) is 52.4 Å². The van der Waals surface area contributed by atoms with Crippen LogP contribution in [0.5, 0.6) is 0 Å². The van der Waals surface area contributed by atoms with Crippen molar-refractivity contribution in [2.24, 2.45) is 4.99 Å². The van der Waals surface area contributed by atoms with Crippen LogP contribution in [0.2, 0.25) is 0 Å². The van der Waals surface area contributed by atoms with E-state index in [9.17, 15) is 9.46 Å². The van der Waals surface area contributed by atoms with Crippen LogP contribution in [0.15, 0.2) is 30.4 Å². The molecular formula is C19H21FN8O7P2S2. The number of ether oxygens (including phenoxy) is 1. The maximum Gasteiger partial charge on any atom is 0.387 e. The van der Waals surface area contributed by atoms with Gasteiger partial charge in [-0.2, -0.15) is 0 Å². The molecule has 3 aliphatic heterocycles. The van der Waals surface area contributed by atoms with E-state index in [0.29, 0.717) is 28.4 Å². The van der Waals surface area contributed by atoms with Crippen LogP contribution >= 0.6 is 25.8 Å². The first kappa shape index (κ1) is 27.1. The zero-order chi connectivity index (χ0) is 27.4. The minimum absolute atomic E-state index is 0.0990. The van der Waals surface area contributed by atoms with E-state index in [1.807, 2.05) is 0 Å². The number of aliphatic imine (C=N–C) groups is 1. The number of rotatable bonds is 1. The molecule has 3 aromatic heterocycles. The molecule has 20 heteroatoms. The topological polar surface area (TPSA) is 169 Å². The van der Waals surface area contributed by atoms with Crippen molar-refractivity contribution < 1.29 is 36.7 Å². The summed E-state index contributed by atoms with van der Waals surface area (Å²) in [7, 11) is 0. The van der Waals surface area contributed by atoms with Gasteiger partial charge in [0.05, 0.1) is 37.8 Å². The number of imidazole rings is 2. The van der Waals surface area contributed by atoms with Crippen molar-refractivity contribution in [3.05, 3.63) is 36.9 Å². The zero-order valence-corrected chi connectivity index (χ0v) is 23.3. The highest BCUT2D eigenvalue weighted by atomic mass is 32.7. The number of hydrogen-bond acceptors (Lipinski definition) is 13. The lowest BCUT2D eigenvalue weighted by Crippen LogP contribution is -2.31. The van der Waals surface area contributed by atoms with Crippen molar-refractivity contribution in [3.8, 4) is 0 Å². The van der Waals surface area contributed by atoms with Gasteiger partial charge in [-0.15, -0.1) is 0 Å². The molecule has 2 bridgehead atoms. The highest BCUT2D eigenvalue weighted by Crippen LogP contribution is 2.58. The summed E-state index contributed by atoms with van der Waals surface area (Å²) in [6.07, 6.45) is -0.350. The first-order valence-electron chi connectivity index (χ1n) is 11.4. The van der Waals surface area contributed by atoms with E-state index in [1.165, 1.54) is 29.8 Å². The van der Waals surface area contributed by atoms with E-state index in [4.69, 9.17) is 34.6 Å². The SMILES string of the molecule is C=C1NC=Nc2c1ncn2[C@@H]1O[C@@H]2COP(O)(=S)OCCn3c(nc4cncnc43)COP(=O)(S)O[C@@H]1[C@@H]2F. The lowest BCUT2D eigenvalue weighted by molar-refractivity contribution is -0.0463. The molecule has 6 atom stereocenters. The fourth-order valence-corrected chi connectivity index (χ4v) is 6.83. The van der Waals surface area contributed by atoms with E-state index >= 15 is 4.39 Å². The second-order valence-corrected chi connectivity index (χ2v) is 14.2. The Morgan fingerprint density at radius 3 is 3.00 bits per heavy atom. The molecule has 208 valence electrons. The van der Waals surface area contributed by atoms with Gasteiger partial charge in [-0.25, -0.2) is 33.9 Å². The third-order valence-corrected chi connectivity index (χ3v) is 9.30. The molecule has 0 spiro atoms. The molecule has 1 saturated heterocycles. The Kier molecular flexibility index (Phi) is 7.20. The summed E-state index contributed by atoms with van der Waals surface area (Å²) in [6.45, 7) is -4.94. The number of halogens is 1. The predicted molar refractivity (Wildman–Crippen MR) is 141 cm³/mol. The minimum atomic E-state index is -4.21. The number of hydrogen-bond donors (Lipinski definition) is 3. The summed E-state index contributed by atoms with van der Waals surface area (Å²) in [4.78, 5) is 31.7. The average molecular weight is 619 g/mol. The van der Waals surface area contributed by atoms with Crippen LogP contribution in [0.25, 0.3) is 16.9 Å². The van der Waals surface area contributed by atoms with Crippen LogP contribution in [0.3, 0.4) is 0 Å². The molecule has 6 heterocycles.